The zero-order valence-electron chi connectivity index (χ0n) is 11.0. The predicted molar refractivity (Wildman–Crippen MR) is 75.6 cm³/mol. The highest BCUT2D eigenvalue weighted by atomic mass is 35.5. The van der Waals surface area contributed by atoms with Crippen molar-refractivity contribution in [3.8, 4) is 0 Å². The lowest BCUT2D eigenvalue weighted by atomic mass is 9.78. The Hall–Kier alpha value is -0.760. The van der Waals surface area contributed by atoms with E-state index in [-0.39, 0.29) is 10.8 Å². The van der Waals surface area contributed by atoms with Gasteiger partial charge in [-0.25, -0.2) is 4.39 Å². The van der Waals surface area contributed by atoms with Crippen molar-refractivity contribution in [2.75, 3.05) is 5.32 Å². The fourth-order valence-electron chi connectivity index (χ4n) is 2.95. The maximum Gasteiger partial charge on any atom is 0.164 e. The van der Waals surface area contributed by atoms with E-state index in [0.717, 1.165) is 6.42 Å². The zero-order chi connectivity index (χ0) is 13.1. The van der Waals surface area contributed by atoms with Crippen LogP contribution < -0.4 is 5.32 Å². The van der Waals surface area contributed by atoms with Crippen LogP contribution >= 0.6 is 11.6 Å². The van der Waals surface area contributed by atoms with E-state index in [2.05, 4.69) is 19.2 Å². The molecule has 0 heterocycles. The van der Waals surface area contributed by atoms with Gasteiger partial charge in [0.05, 0.1) is 10.7 Å². The molecule has 1 N–H and O–H groups in total. The molecule has 0 spiro atoms. The van der Waals surface area contributed by atoms with Gasteiger partial charge in [-0.3, -0.25) is 0 Å². The molecule has 3 heteroatoms. The molecule has 0 saturated heterocycles. The summed E-state index contributed by atoms with van der Waals surface area (Å²) >= 11 is 5.82. The van der Waals surface area contributed by atoms with E-state index in [9.17, 15) is 4.39 Å². The van der Waals surface area contributed by atoms with Gasteiger partial charge < -0.3 is 5.32 Å². The van der Waals surface area contributed by atoms with Crippen molar-refractivity contribution < 1.29 is 4.39 Å². The summed E-state index contributed by atoms with van der Waals surface area (Å²) < 4.78 is 13.9. The van der Waals surface area contributed by atoms with Gasteiger partial charge in [-0.2, -0.15) is 0 Å². The van der Waals surface area contributed by atoms with Gasteiger partial charge in [0.1, 0.15) is 0 Å². The van der Waals surface area contributed by atoms with Crippen LogP contribution in [0, 0.1) is 17.7 Å². The van der Waals surface area contributed by atoms with Gasteiger partial charge in [0.25, 0.3) is 0 Å². The van der Waals surface area contributed by atoms with E-state index in [1.807, 2.05) is 0 Å². The zero-order valence-corrected chi connectivity index (χ0v) is 11.8. The summed E-state index contributed by atoms with van der Waals surface area (Å²) in [5.41, 5.74) is 0.542. The highest BCUT2D eigenvalue weighted by molar-refractivity contribution is 6.31. The van der Waals surface area contributed by atoms with Crippen molar-refractivity contribution in [2.45, 2.75) is 45.6 Å². The maximum absolute atomic E-state index is 13.9. The fourth-order valence-corrected chi connectivity index (χ4v) is 3.13. The fraction of sp³-hybridized carbons (Fsp3) is 0.600. The molecule has 1 aromatic carbocycles. The van der Waals surface area contributed by atoms with Gasteiger partial charge in [-0.1, -0.05) is 44.4 Å². The van der Waals surface area contributed by atoms with E-state index in [4.69, 9.17) is 11.6 Å². The minimum Gasteiger partial charge on any atom is -0.380 e. The summed E-state index contributed by atoms with van der Waals surface area (Å²) in [7, 11) is 0. The Kier molecular flexibility index (Phi) is 4.50. The van der Waals surface area contributed by atoms with Crippen molar-refractivity contribution in [3.05, 3.63) is 29.0 Å². The first-order valence-electron chi connectivity index (χ1n) is 6.80. The monoisotopic (exact) mass is 269 g/mol. The Morgan fingerprint density at radius 1 is 1.28 bits per heavy atom. The predicted octanol–water partition coefficient (Wildman–Crippen LogP) is 5.11. The van der Waals surface area contributed by atoms with Crippen LogP contribution in [0.4, 0.5) is 10.1 Å². The third-order valence-corrected chi connectivity index (χ3v) is 4.26. The largest absolute Gasteiger partial charge is 0.380 e. The quantitative estimate of drug-likeness (QED) is 0.804. The maximum atomic E-state index is 13.9. The second-order valence-electron chi connectivity index (χ2n) is 5.54. The molecule has 1 aliphatic carbocycles. The highest BCUT2D eigenvalue weighted by Crippen LogP contribution is 2.33. The van der Waals surface area contributed by atoms with E-state index < -0.39 is 0 Å². The average molecular weight is 270 g/mol. The Bertz CT molecular complexity index is 405. The molecule has 0 bridgehead atoms. The van der Waals surface area contributed by atoms with Crippen molar-refractivity contribution in [1.82, 2.24) is 0 Å². The first-order chi connectivity index (χ1) is 8.59. The van der Waals surface area contributed by atoms with Crippen LogP contribution in [-0.4, -0.2) is 6.04 Å². The third kappa shape index (κ3) is 2.97. The standard InChI is InChI=1S/C15H21ClFN/c1-10(2)11-6-3-4-8-13(11)18-14-9-5-7-12(16)15(14)17/h5,7,9-11,13,18H,3-4,6,8H2,1-2H3. The molecule has 100 valence electrons. The van der Waals surface area contributed by atoms with Crippen LogP contribution in [0.1, 0.15) is 39.5 Å². The number of hydrogen-bond acceptors (Lipinski definition) is 1. The molecule has 1 aromatic rings. The van der Waals surface area contributed by atoms with E-state index in [0.29, 0.717) is 23.6 Å². The number of rotatable bonds is 3. The molecule has 1 fully saturated rings. The van der Waals surface area contributed by atoms with Crippen molar-refractivity contribution >= 4 is 17.3 Å². The molecule has 1 saturated carbocycles. The first kappa shape index (κ1) is 13.7. The van der Waals surface area contributed by atoms with Crippen LogP contribution in [0.5, 0.6) is 0 Å². The minimum atomic E-state index is -0.327. The lowest BCUT2D eigenvalue weighted by Crippen LogP contribution is -2.35. The molecule has 2 atom stereocenters. The van der Waals surface area contributed by atoms with Gasteiger partial charge in [0.15, 0.2) is 5.82 Å². The summed E-state index contributed by atoms with van der Waals surface area (Å²) in [5, 5.41) is 3.55. The number of nitrogens with one attached hydrogen (secondary N) is 1. The second-order valence-corrected chi connectivity index (χ2v) is 5.95. The van der Waals surface area contributed by atoms with Gasteiger partial charge in [0, 0.05) is 6.04 Å². The smallest absolute Gasteiger partial charge is 0.164 e. The molecule has 1 aliphatic rings. The number of hydrogen-bond donors (Lipinski definition) is 1. The topological polar surface area (TPSA) is 12.0 Å². The molecule has 0 aliphatic heterocycles. The van der Waals surface area contributed by atoms with Gasteiger partial charge >= 0.3 is 0 Å². The van der Waals surface area contributed by atoms with Crippen LogP contribution in [0.3, 0.4) is 0 Å². The van der Waals surface area contributed by atoms with Crippen molar-refractivity contribution in [3.63, 3.8) is 0 Å². The number of benzene rings is 1. The van der Waals surface area contributed by atoms with E-state index in [1.54, 1.807) is 18.2 Å². The normalized spacial score (nSPS) is 24.3. The van der Waals surface area contributed by atoms with Crippen LogP contribution in [-0.2, 0) is 0 Å². The Labute approximate surface area is 114 Å². The molecule has 0 radical (unpaired) electrons. The van der Waals surface area contributed by atoms with Gasteiger partial charge in [-0.15, -0.1) is 0 Å². The molecule has 0 aromatic heterocycles. The molecule has 2 rings (SSSR count). The van der Waals surface area contributed by atoms with E-state index in [1.165, 1.54) is 19.3 Å². The van der Waals surface area contributed by atoms with Crippen LogP contribution in [0.2, 0.25) is 5.02 Å². The summed E-state index contributed by atoms with van der Waals surface area (Å²) in [5.74, 6) is 0.925. The first-order valence-corrected chi connectivity index (χ1v) is 7.18. The van der Waals surface area contributed by atoms with Crippen molar-refractivity contribution in [1.29, 1.82) is 0 Å². The Morgan fingerprint density at radius 3 is 2.72 bits per heavy atom. The molecule has 2 unspecified atom stereocenters. The lowest BCUT2D eigenvalue weighted by Gasteiger charge is -2.35. The summed E-state index contributed by atoms with van der Waals surface area (Å²) in [6.07, 6.45) is 4.87. The van der Waals surface area contributed by atoms with Gasteiger partial charge in [0.2, 0.25) is 0 Å². The van der Waals surface area contributed by atoms with Crippen LogP contribution in [0.25, 0.3) is 0 Å². The average Bonchev–Trinajstić information content (AvgIpc) is 2.35. The summed E-state index contributed by atoms with van der Waals surface area (Å²) in [4.78, 5) is 0. The van der Waals surface area contributed by atoms with Gasteiger partial charge in [-0.05, 0) is 36.8 Å². The number of anilines is 1. The Balaban J connectivity index is 2.13. The molecular weight excluding hydrogens is 249 g/mol. The minimum absolute atomic E-state index is 0.192. The molecular formula is C15H21ClFN. The number of halogens is 2. The highest BCUT2D eigenvalue weighted by Gasteiger charge is 2.28. The molecule has 0 amide bonds. The Morgan fingerprint density at radius 2 is 2.00 bits per heavy atom. The van der Waals surface area contributed by atoms with E-state index >= 15 is 0 Å². The second kappa shape index (κ2) is 5.92. The third-order valence-electron chi connectivity index (χ3n) is 3.97. The molecule has 18 heavy (non-hydrogen) atoms. The van der Waals surface area contributed by atoms with Crippen molar-refractivity contribution in [2.24, 2.45) is 11.8 Å². The SMILES string of the molecule is CC(C)C1CCCCC1Nc1cccc(Cl)c1F. The lowest BCUT2D eigenvalue weighted by molar-refractivity contribution is 0.253. The summed E-state index contributed by atoms with van der Waals surface area (Å²) in [6.45, 7) is 4.50. The van der Waals surface area contributed by atoms with Crippen LogP contribution in [0.15, 0.2) is 18.2 Å². The summed E-state index contributed by atoms with van der Waals surface area (Å²) in [6, 6.07) is 5.52. The molecule has 1 nitrogen and oxygen atoms in total.